The summed E-state index contributed by atoms with van der Waals surface area (Å²) in [6, 6.07) is 5.12. The molecule has 0 aliphatic carbocycles. The number of aliphatic hydroxyl groups excluding tert-OH is 1. The van der Waals surface area contributed by atoms with Crippen LogP contribution in [-0.4, -0.2) is 45.8 Å². The third kappa shape index (κ3) is 4.70. The number of benzene rings is 1. The average molecular weight is 463 g/mol. The van der Waals surface area contributed by atoms with Gasteiger partial charge in [-0.3, -0.25) is 4.79 Å². The molecule has 0 fully saturated rings. The number of aliphatic hydroxyl groups is 1. The highest BCUT2D eigenvalue weighted by Crippen LogP contribution is 2.60. The molecular weight excluding hydrogens is 425 g/mol. The van der Waals surface area contributed by atoms with Gasteiger partial charge < -0.3 is 15.3 Å². The van der Waals surface area contributed by atoms with Gasteiger partial charge in [-0.1, -0.05) is 47.6 Å². The molecule has 0 aromatic heterocycles. The number of carbonyl (C=O) groups excluding carboxylic acids is 1. The number of hydrogen-bond donors (Lipinski definition) is 3. The SMILES string of the molecule is CCO[P+]1(O)N=C(C2=C(O)[C@H](C(C)(C)C)N(CCC(C)(C)C)C2=O)Nc2cc(C)ccc21. The molecule has 3 rings (SSSR count). The Labute approximate surface area is 192 Å². The first-order valence-corrected chi connectivity index (χ1v) is 12.8. The van der Waals surface area contributed by atoms with Crippen molar-refractivity contribution in [3.8, 4) is 0 Å². The molecule has 0 bridgehead atoms. The van der Waals surface area contributed by atoms with Crippen LogP contribution in [0.4, 0.5) is 5.69 Å². The molecule has 32 heavy (non-hydrogen) atoms. The Morgan fingerprint density at radius 2 is 1.88 bits per heavy atom. The number of fused-ring (bicyclic) bond motifs is 1. The maximum absolute atomic E-state index is 13.6. The highest BCUT2D eigenvalue weighted by atomic mass is 31.2. The molecule has 8 heteroatoms. The van der Waals surface area contributed by atoms with Crippen molar-refractivity contribution in [3.63, 3.8) is 0 Å². The lowest BCUT2D eigenvalue weighted by Gasteiger charge is -2.36. The van der Waals surface area contributed by atoms with Gasteiger partial charge in [0.05, 0.1) is 18.3 Å². The maximum atomic E-state index is 13.6. The van der Waals surface area contributed by atoms with Crippen molar-refractivity contribution >= 4 is 30.6 Å². The summed E-state index contributed by atoms with van der Waals surface area (Å²) in [5.41, 5.74) is 1.42. The summed E-state index contributed by atoms with van der Waals surface area (Å²) in [4.78, 5) is 26.7. The van der Waals surface area contributed by atoms with Crippen molar-refractivity contribution < 1.29 is 19.3 Å². The Hall–Kier alpha value is -1.95. The minimum atomic E-state index is -3.35. The van der Waals surface area contributed by atoms with E-state index in [2.05, 4.69) is 30.9 Å². The third-order valence-corrected chi connectivity index (χ3v) is 7.83. The molecule has 0 saturated carbocycles. The summed E-state index contributed by atoms with van der Waals surface area (Å²) >= 11 is 0. The zero-order valence-electron chi connectivity index (χ0n) is 20.5. The van der Waals surface area contributed by atoms with Gasteiger partial charge in [-0.15, -0.1) is 0 Å². The summed E-state index contributed by atoms with van der Waals surface area (Å²) < 4.78 is 10.2. The van der Waals surface area contributed by atoms with Crippen molar-refractivity contribution in [1.82, 2.24) is 4.90 Å². The Kier molecular flexibility index (Phi) is 6.51. The first-order valence-electron chi connectivity index (χ1n) is 11.2. The molecule has 2 atom stereocenters. The highest BCUT2D eigenvalue weighted by Gasteiger charge is 2.52. The smallest absolute Gasteiger partial charge is 0.432 e. The zero-order valence-corrected chi connectivity index (χ0v) is 21.4. The molecule has 2 aliphatic heterocycles. The van der Waals surface area contributed by atoms with Crippen LogP contribution in [-0.2, 0) is 9.32 Å². The number of nitrogens with zero attached hydrogens (tertiary/aromatic N) is 2. The van der Waals surface area contributed by atoms with Gasteiger partial charge in [0, 0.05) is 6.54 Å². The van der Waals surface area contributed by atoms with Gasteiger partial charge in [0.1, 0.15) is 11.3 Å². The maximum Gasteiger partial charge on any atom is 0.432 e. The second kappa shape index (κ2) is 8.44. The van der Waals surface area contributed by atoms with Crippen LogP contribution < -0.4 is 10.6 Å². The summed E-state index contributed by atoms with van der Waals surface area (Å²) in [5.74, 6) is -0.124. The monoisotopic (exact) mass is 462 g/mol. The van der Waals surface area contributed by atoms with Crippen molar-refractivity contribution in [1.29, 1.82) is 0 Å². The normalized spacial score (nSPS) is 23.9. The molecule has 0 saturated heterocycles. The predicted molar refractivity (Wildman–Crippen MR) is 131 cm³/mol. The Morgan fingerprint density at radius 1 is 1.22 bits per heavy atom. The Bertz CT molecular complexity index is 974. The molecule has 176 valence electrons. The standard InChI is InChI=1S/C24H36N3O4P/c1-9-31-32(30)17-11-10-15(2)14-16(17)25-21(26-32)18-19(28)20(24(6,7)8)27(22(18)29)13-12-23(3,4)5/h10-11,14,20,30H,9,12-13H2,1-8H3,(H-,25,26,28,29)/p+1/t20-,32?/m1/s1. The van der Waals surface area contributed by atoms with Crippen LogP contribution in [0.1, 0.15) is 60.5 Å². The molecule has 3 N–H and O–H groups in total. The van der Waals surface area contributed by atoms with Crippen LogP contribution in [0.25, 0.3) is 0 Å². The number of amides is 1. The number of amidine groups is 1. The minimum absolute atomic E-state index is 0.0122. The third-order valence-electron chi connectivity index (χ3n) is 5.72. The van der Waals surface area contributed by atoms with E-state index in [4.69, 9.17) is 4.52 Å². The molecule has 0 radical (unpaired) electrons. The molecule has 1 amide bonds. The van der Waals surface area contributed by atoms with E-state index in [0.29, 0.717) is 17.5 Å². The fraction of sp³-hybridized carbons (Fsp3) is 0.583. The number of hydrogen-bond acceptors (Lipinski definition) is 6. The quantitative estimate of drug-likeness (QED) is 0.550. The van der Waals surface area contributed by atoms with E-state index in [9.17, 15) is 14.8 Å². The second-order valence-corrected chi connectivity index (χ2v) is 12.9. The molecule has 2 heterocycles. The molecule has 1 aromatic rings. The lowest BCUT2D eigenvalue weighted by molar-refractivity contribution is -0.128. The van der Waals surface area contributed by atoms with Crippen LogP contribution in [0.5, 0.6) is 0 Å². The molecule has 1 aromatic carbocycles. The van der Waals surface area contributed by atoms with E-state index < -0.39 is 13.9 Å². The fourth-order valence-corrected chi connectivity index (χ4v) is 5.97. The van der Waals surface area contributed by atoms with Crippen molar-refractivity contribution in [3.05, 3.63) is 35.1 Å². The number of anilines is 1. The summed E-state index contributed by atoms with van der Waals surface area (Å²) in [6.07, 6.45) is 0.795. The van der Waals surface area contributed by atoms with E-state index in [-0.39, 0.29) is 40.5 Å². The average Bonchev–Trinajstić information content (AvgIpc) is 2.88. The van der Waals surface area contributed by atoms with Crippen LogP contribution in [0, 0.1) is 17.8 Å². The first-order chi connectivity index (χ1) is 14.7. The Morgan fingerprint density at radius 3 is 2.44 bits per heavy atom. The van der Waals surface area contributed by atoms with E-state index in [1.807, 2.05) is 39.8 Å². The highest BCUT2D eigenvalue weighted by molar-refractivity contribution is 7.72. The summed E-state index contributed by atoms with van der Waals surface area (Å²) in [6.45, 7) is 17.0. The van der Waals surface area contributed by atoms with Crippen LogP contribution in [0.3, 0.4) is 0 Å². The first kappa shape index (κ1) is 24.7. The summed E-state index contributed by atoms with van der Waals surface area (Å²) in [5, 5.41) is 15.1. The summed E-state index contributed by atoms with van der Waals surface area (Å²) in [7, 11) is -3.35. The predicted octanol–water partition coefficient (Wildman–Crippen LogP) is 4.74. The number of nitrogens with one attached hydrogen (secondary N) is 1. The minimum Gasteiger partial charge on any atom is -0.509 e. The van der Waals surface area contributed by atoms with Crippen LogP contribution >= 0.6 is 7.87 Å². The number of carbonyl (C=O) groups is 1. The van der Waals surface area contributed by atoms with E-state index in [0.717, 1.165) is 12.0 Å². The van der Waals surface area contributed by atoms with Crippen LogP contribution in [0.2, 0.25) is 0 Å². The zero-order chi connectivity index (χ0) is 24.1. The van der Waals surface area contributed by atoms with E-state index in [1.165, 1.54) is 0 Å². The Balaban J connectivity index is 2.09. The molecule has 7 nitrogen and oxygen atoms in total. The number of rotatable bonds is 5. The van der Waals surface area contributed by atoms with Gasteiger partial charge in [0.25, 0.3) is 5.91 Å². The second-order valence-electron chi connectivity index (χ2n) is 10.9. The van der Waals surface area contributed by atoms with Gasteiger partial charge in [-0.25, -0.2) is 0 Å². The van der Waals surface area contributed by atoms with Gasteiger partial charge >= 0.3 is 7.87 Å². The van der Waals surface area contributed by atoms with E-state index in [1.54, 1.807) is 17.9 Å². The van der Waals surface area contributed by atoms with Crippen molar-refractivity contribution in [2.45, 2.75) is 67.9 Å². The molecule has 0 spiro atoms. The number of aryl methyl sites for hydroxylation is 1. The van der Waals surface area contributed by atoms with Gasteiger partial charge in [0.2, 0.25) is 5.30 Å². The largest absolute Gasteiger partial charge is 0.509 e. The van der Waals surface area contributed by atoms with E-state index >= 15 is 0 Å². The van der Waals surface area contributed by atoms with Gasteiger partial charge in [-0.05, 0) is 53.6 Å². The molecule has 1 unspecified atom stereocenters. The van der Waals surface area contributed by atoms with Crippen molar-refractivity contribution in [2.24, 2.45) is 15.6 Å². The van der Waals surface area contributed by atoms with Crippen molar-refractivity contribution in [2.75, 3.05) is 18.5 Å². The molecular formula is C24H37N3O4P+. The topological polar surface area (TPSA) is 94.4 Å². The van der Waals surface area contributed by atoms with Gasteiger partial charge in [-0.2, -0.15) is 9.42 Å². The molecule has 2 aliphatic rings. The van der Waals surface area contributed by atoms with Gasteiger partial charge in [0.15, 0.2) is 5.84 Å². The van der Waals surface area contributed by atoms with Crippen LogP contribution in [0.15, 0.2) is 34.3 Å². The lowest BCUT2D eigenvalue weighted by Crippen LogP contribution is -2.45. The lowest BCUT2D eigenvalue weighted by atomic mass is 9.84. The fourth-order valence-electron chi connectivity index (χ4n) is 4.18.